The van der Waals surface area contributed by atoms with Gasteiger partial charge >= 0.3 is 5.97 Å². The lowest BCUT2D eigenvalue weighted by molar-refractivity contribution is 0.0598. The predicted octanol–water partition coefficient (Wildman–Crippen LogP) is 2.47. The minimum absolute atomic E-state index is 0.384. The van der Waals surface area contributed by atoms with E-state index in [0.29, 0.717) is 5.56 Å². The summed E-state index contributed by atoms with van der Waals surface area (Å²) in [6.45, 7) is -0.402. The van der Waals surface area contributed by atoms with Crippen molar-refractivity contribution >= 4 is 5.97 Å². The lowest BCUT2D eigenvalue weighted by atomic mass is 9.92. The molecule has 1 aliphatic carbocycles. The van der Waals surface area contributed by atoms with Crippen LogP contribution in [0.4, 0.5) is 4.39 Å². The van der Waals surface area contributed by atoms with Gasteiger partial charge in [0, 0.05) is 5.41 Å². The van der Waals surface area contributed by atoms with Gasteiger partial charge < -0.3 is 4.74 Å². The Bertz CT molecular complexity index is 383. The molecule has 0 radical (unpaired) electrons. The molecular weight excluding hydrogens is 195 g/mol. The molecule has 0 aliphatic heterocycles. The summed E-state index contributed by atoms with van der Waals surface area (Å²) in [6, 6.07) is 7.11. The van der Waals surface area contributed by atoms with E-state index in [1.807, 2.05) is 12.1 Å². The molecule has 0 amide bonds. The molecule has 0 heterocycles. The van der Waals surface area contributed by atoms with E-state index < -0.39 is 12.1 Å². The zero-order valence-electron chi connectivity index (χ0n) is 8.63. The maximum absolute atomic E-state index is 12.9. The maximum atomic E-state index is 12.9. The van der Waals surface area contributed by atoms with Gasteiger partial charge in [-0.1, -0.05) is 18.2 Å². The average molecular weight is 208 g/mol. The molecule has 3 heteroatoms. The highest BCUT2D eigenvalue weighted by atomic mass is 19.1. The first kappa shape index (κ1) is 10.1. The highest BCUT2D eigenvalue weighted by molar-refractivity contribution is 5.91. The highest BCUT2D eigenvalue weighted by Crippen LogP contribution is 2.49. The van der Waals surface area contributed by atoms with Crippen LogP contribution >= 0.6 is 0 Å². The molecule has 1 aromatic carbocycles. The number of halogens is 1. The van der Waals surface area contributed by atoms with Crippen LogP contribution in [0, 0.1) is 0 Å². The van der Waals surface area contributed by atoms with Gasteiger partial charge in [0.25, 0.3) is 0 Å². The summed E-state index contributed by atoms with van der Waals surface area (Å²) in [5.41, 5.74) is 0.875. The second kappa shape index (κ2) is 3.65. The number of rotatable bonds is 3. The molecule has 1 saturated carbocycles. The van der Waals surface area contributed by atoms with Gasteiger partial charge in [0.2, 0.25) is 0 Å². The Morgan fingerprint density at radius 2 is 2.13 bits per heavy atom. The molecule has 0 spiro atoms. The number of ether oxygens (including phenoxy) is 1. The van der Waals surface area contributed by atoms with E-state index in [9.17, 15) is 9.18 Å². The van der Waals surface area contributed by atoms with E-state index in [1.165, 1.54) is 7.11 Å². The molecule has 2 rings (SSSR count). The molecule has 2 nitrogen and oxygen atoms in total. The topological polar surface area (TPSA) is 26.3 Å². The van der Waals surface area contributed by atoms with Gasteiger partial charge in [0.05, 0.1) is 19.3 Å². The van der Waals surface area contributed by atoms with Crippen molar-refractivity contribution in [2.75, 3.05) is 13.8 Å². The molecule has 0 atom stereocenters. The SMILES string of the molecule is COC(=O)c1ccccc1C1(CF)CC1. The molecule has 0 saturated heterocycles. The Balaban J connectivity index is 2.43. The number of carbonyl (C=O) groups excluding carboxylic acids is 1. The molecule has 80 valence electrons. The van der Waals surface area contributed by atoms with Crippen molar-refractivity contribution in [2.24, 2.45) is 0 Å². The summed E-state index contributed by atoms with van der Waals surface area (Å²) in [5, 5.41) is 0. The van der Waals surface area contributed by atoms with Crippen molar-refractivity contribution in [3.8, 4) is 0 Å². The summed E-state index contributed by atoms with van der Waals surface area (Å²) in [7, 11) is 1.34. The fourth-order valence-corrected chi connectivity index (χ4v) is 1.86. The monoisotopic (exact) mass is 208 g/mol. The van der Waals surface area contributed by atoms with Gasteiger partial charge in [0.15, 0.2) is 0 Å². The normalized spacial score (nSPS) is 17.2. The summed E-state index contributed by atoms with van der Waals surface area (Å²) >= 11 is 0. The number of benzene rings is 1. The first-order valence-corrected chi connectivity index (χ1v) is 4.97. The number of hydrogen-bond donors (Lipinski definition) is 0. The van der Waals surface area contributed by atoms with Gasteiger partial charge in [-0.25, -0.2) is 4.79 Å². The van der Waals surface area contributed by atoms with Crippen LogP contribution in [-0.2, 0) is 10.2 Å². The third kappa shape index (κ3) is 1.62. The Kier molecular flexibility index (Phi) is 2.47. The third-order valence-electron chi connectivity index (χ3n) is 3.01. The molecule has 1 aromatic rings. The Labute approximate surface area is 88.1 Å². The lowest BCUT2D eigenvalue weighted by Crippen LogP contribution is -2.15. The Hall–Kier alpha value is -1.38. The van der Waals surface area contributed by atoms with Gasteiger partial charge in [-0.3, -0.25) is 4.39 Å². The van der Waals surface area contributed by atoms with Gasteiger partial charge in [-0.05, 0) is 24.5 Å². The number of methoxy groups -OCH3 is 1. The van der Waals surface area contributed by atoms with Crippen LogP contribution in [0.2, 0.25) is 0 Å². The molecule has 0 aromatic heterocycles. The highest BCUT2D eigenvalue weighted by Gasteiger charge is 2.46. The van der Waals surface area contributed by atoms with Crippen molar-refractivity contribution in [3.05, 3.63) is 35.4 Å². The second-order valence-electron chi connectivity index (χ2n) is 3.95. The largest absolute Gasteiger partial charge is 0.465 e. The number of hydrogen-bond acceptors (Lipinski definition) is 2. The summed E-state index contributed by atoms with van der Waals surface area (Å²) in [6.07, 6.45) is 1.63. The van der Waals surface area contributed by atoms with E-state index in [0.717, 1.165) is 18.4 Å². The van der Waals surface area contributed by atoms with E-state index in [1.54, 1.807) is 12.1 Å². The Morgan fingerprint density at radius 3 is 2.67 bits per heavy atom. The molecule has 1 aliphatic rings. The zero-order valence-corrected chi connectivity index (χ0v) is 8.63. The van der Waals surface area contributed by atoms with Crippen LogP contribution < -0.4 is 0 Å². The second-order valence-corrected chi connectivity index (χ2v) is 3.95. The Morgan fingerprint density at radius 1 is 1.47 bits per heavy atom. The smallest absolute Gasteiger partial charge is 0.338 e. The fraction of sp³-hybridized carbons (Fsp3) is 0.417. The van der Waals surface area contributed by atoms with Crippen molar-refractivity contribution < 1.29 is 13.9 Å². The lowest BCUT2D eigenvalue weighted by Gasteiger charge is -2.14. The first-order valence-electron chi connectivity index (χ1n) is 4.97. The van der Waals surface area contributed by atoms with Gasteiger partial charge in [-0.15, -0.1) is 0 Å². The van der Waals surface area contributed by atoms with E-state index >= 15 is 0 Å². The molecule has 0 N–H and O–H groups in total. The van der Waals surface area contributed by atoms with E-state index in [2.05, 4.69) is 4.74 Å². The molecule has 0 bridgehead atoms. The van der Waals surface area contributed by atoms with Crippen molar-refractivity contribution in [1.29, 1.82) is 0 Å². The minimum Gasteiger partial charge on any atom is -0.465 e. The van der Waals surface area contributed by atoms with Crippen LogP contribution in [0.3, 0.4) is 0 Å². The summed E-state index contributed by atoms with van der Waals surface area (Å²) < 4.78 is 17.6. The van der Waals surface area contributed by atoms with Crippen molar-refractivity contribution in [1.82, 2.24) is 0 Å². The minimum atomic E-state index is -0.412. The van der Waals surface area contributed by atoms with Crippen LogP contribution in [0.25, 0.3) is 0 Å². The fourth-order valence-electron chi connectivity index (χ4n) is 1.86. The zero-order chi connectivity index (χ0) is 10.9. The van der Waals surface area contributed by atoms with Gasteiger partial charge in [0.1, 0.15) is 0 Å². The van der Waals surface area contributed by atoms with E-state index in [-0.39, 0.29) is 5.97 Å². The first-order chi connectivity index (χ1) is 7.23. The molecule has 15 heavy (non-hydrogen) atoms. The molecule has 1 fully saturated rings. The summed E-state index contributed by atoms with van der Waals surface area (Å²) in [5.74, 6) is -0.384. The maximum Gasteiger partial charge on any atom is 0.338 e. The van der Waals surface area contributed by atoms with Crippen LogP contribution in [-0.4, -0.2) is 19.8 Å². The van der Waals surface area contributed by atoms with Crippen molar-refractivity contribution in [3.63, 3.8) is 0 Å². The third-order valence-corrected chi connectivity index (χ3v) is 3.01. The standard InChI is InChI=1S/C12H13FO2/c1-15-11(14)9-4-2-3-5-10(9)12(8-13)6-7-12/h2-5H,6-8H2,1H3. The van der Waals surface area contributed by atoms with Crippen LogP contribution in [0.5, 0.6) is 0 Å². The molecule has 0 unspecified atom stereocenters. The van der Waals surface area contributed by atoms with Crippen LogP contribution in [0.1, 0.15) is 28.8 Å². The quantitative estimate of drug-likeness (QED) is 0.713. The van der Waals surface area contributed by atoms with Crippen molar-refractivity contribution in [2.45, 2.75) is 18.3 Å². The number of esters is 1. The molecular formula is C12H13FO2. The van der Waals surface area contributed by atoms with Gasteiger partial charge in [-0.2, -0.15) is 0 Å². The average Bonchev–Trinajstić information content (AvgIpc) is 3.09. The number of carbonyl (C=O) groups is 1. The number of alkyl halides is 1. The van der Waals surface area contributed by atoms with Crippen LogP contribution in [0.15, 0.2) is 24.3 Å². The summed E-state index contributed by atoms with van der Waals surface area (Å²) in [4.78, 5) is 11.5. The van der Waals surface area contributed by atoms with E-state index in [4.69, 9.17) is 0 Å². The predicted molar refractivity (Wildman–Crippen MR) is 54.7 cm³/mol.